The average molecular weight is 556 g/mol. The number of hydrogen-bond acceptors (Lipinski definition) is 7. The van der Waals surface area contributed by atoms with Crippen LogP contribution >= 0.6 is 11.6 Å². The molecule has 5 aromatic rings. The molecule has 0 bridgehead atoms. The first-order valence-electron chi connectivity index (χ1n) is 12.8. The zero-order valence-electron chi connectivity index (χ0n) is 22.0. The lowest BCUT2D eigenvalue weighted by molar-refractivity contribution is -0.384. The zero-order valence-corrected chi connectivity index (χ0v) is 22.7. The SMILES string of the molecule is Cc1cc(Cl)c2cc([N+](=O)[O-])ccc2n1.Cc1cc(N2CCC(c3ccccc3)C2)c2cc([N+](=O)[O-])ccc2n1. The lowest BCUT2D eigenvalue weighted by Crippen LogP contribution is -2.20. The van der Waals surface area contributed by atoms with E-state index in [-0.39, 0.29) is 16.3 Å². The molecule has 0 saturated carbocycles. The minimum Gasteiger partial charge on any atom is -0.370 e. The molecule has 0 N–H and O–H groups in total. The molecule has 1 aliphatic rings. The number of halogens is 1. The largest absolute Gasteiger partial charge is 0.370 e. The number of pyridine rings is 2. The molecule has 1 unspecified atom stereocenters. The maximum absolute atomic E-state index is 11.2. The van der Waals surface area contributed by atoms with Gasteiger partial charge in [-0.2, -0.15) is 0 Å². The molecular formula is C30H26ClN5O4. The summed E-state index contributed by atoms with van der Waals surface area (Å²) in [6, 6.07) is 23.6. The van der Waals surface area contributed by atoms with Crippen LogP contribution in [-0.2, 0) is 0 Å². The Labute approximate surface area is 235 Å². The second-order valence-electron chi connectivity index (χ2n) is 9.79. The number of aryl methyl sites for hydroxylation is 2. The molecular weight excluding hydrogens is 530 g/mol. The van der Waals surface area contributed by atoms with Gasteiger partial charge in [0, 0.05) is 71.1 Å². The van der Waals surface area contributed by atoms with Crippen LogP contribution in [0.15, 0.2) is 78.9 Å². The summed E-state index contributed by atoms with van der Waals surface area (Å²) < 4.78 is 0. The molecule has 40 heavy (non-hydrogen) atoms. The lowest BCUT2D eigenvalue weighted by atomic mass is 9.99. The van der Waals surface area contributed by atoms with Gasteiger partial charge >= 0.3 is 0 Å². The number of benzene rings is 3. The van der Waals surface area contributed by atoms with Crippen molar-refractivity contribution >= 4 is 50.5 Å². The molecule has 9 nitrogen and oxygen atoms in total. The Morgan fingerprint density at radius 1 is 0.800 bits per heavy atom. The van der Waals surface area contributed by atoms with Gasteiger partial charge < -0.3 is 4.90 Å². The Hall–Kier alpha value is -4.63. The third-order valence-corrected chi connectivity index (χ3v) is 7.30. The predicted octanol–water partition coefficient (Wildman–Crippen LogP) is 7.55. The molecule has 0 spiro atoms. The van der Waals surface area contributed by atoms with Crippen LogP contribution in [0.1, 0.15) is 29.3 Å². The number of hydrogen-bond donors (Lipinski definition) is 0. The second-order valence-corrected chi connectivity index (χ2v) is 10.2. The molecule has 1 saturated heterocycles. The summed E-state index contributed by atoms with van der Waals surface area (Å²) >= 11 is 5.98. The van der Waals surface area contributed by atoms with Gasteiger partial charge in [-0.1, -0.05) is 41.9 Å². The smallest absolute Gasteiger partial charge is 0.270 e. The summed E-state index contributed by atoms with van der Waals surface area (Å²) in [5, 5.41) is 23.7. The van der Waals surface area contributed by atoms with Crippen molar-refractivity contribution in [1.29, 1.82) is 0 Å². The fourth-order valence-corrected chi connectivity index (χ4v) is 5.40. The van der Waals surface area contributed by atoms with Crippen LogP contribution in [-0.4, -0.2) is 32.9 Å². The summed E-state index contributed by atoms with van der Waals surface area (Å²) in [6.07, 6.45) is 1.09. The summed E-state index contributed by atoms with van der Waals surface area (Å²) in [5.74, 6) is 0.489. The lowest BCUT2D eigenvalue weighted by Gasteiger charge is -2.21. The molecule has 0 aliphatic carbocycles. The first kappa shape index (κ1) is 27.0. The van der Waals surface area contributed by atoms with Crippen molar-refractivity contribution in [1.82, 2.24) is 9.97 Å². The third kappa shape index (κ3) is 5.69. The van der Waals surface area contributed by atoms with Gasteiger partial charge in [-0.05, 0) is 50.1 Å². The number of rotatable bonds is 4. The fourth-order valence-electron chi connectivity index (χ4n) is 5.09. The van der Waals surface area contributed by atoms with Gasteiger partial charge in [0.1, 0.15) is 0 Å². The molecule has 1 fully saturated rings. The molecule has 1 aliphatic heterocycles. The zero-order chi connectivity index (χ0) is 28.4. The van der Waals surface area contributed by atoms with Gasteiger partial charge in [-0.15, -0.1) is 0 Å². The number of non-ortho nitro benzene ring substituents is 2. The van der Waals surface area contributed by atoms with Gasteiger partial charge in [0.25, 0.3) is 11.4 Å². The minimum atomic E-state index is -0.449. The molecule has 6 rings (SSSR count). The van der Waals surface area contributed by atoms with Crippen LogP contribution in [0.3, 0.4) is 0 Å². The minimum absolute atomic E-state index is 0.0232. The first-order valence-corrected chi connectivity index (χ1v) is 13.1. The Bertz CT molecular complexity index is 1750. The number of anilines is 1. The van der Waals surface area contributed by atoms with Crippen molar-refractivity contribution in [2.24, 2.45) is 0 Å². The summed E-state index contributed by atoms with van der Waals surface area (Å²) in [5.41, 5.74) is 5.74. The highest BCUT2D eigenvalue weighted by Gasteiger charge is 2.26. The highest BCUT2D eigenvalue weighted by molar-refractivity contribution is 6.35. The normalized spacial score (nSPS) is 14.7. The van der Waals surface area contributed by atoms with Crippen LogP contribution in [0, 0.1) is 34.1 Å². The standard InChI is InChI=1S/C20H19N3O2.C10H7ClN2O2/c1-14-11-20(18-12-17(23(24)25)7-8-19(18)21-14)22-10-9-16(13-22)15-5-3-2-4-6-15;1-6-4-9(11)8-5-7(13(14)15)2-3-10(8)12-6/h2-8,11-12,16H,9-10,13H2,1H3;2-5H,1H3. The van der Waals surface area contributed by atoms with E-state index in [4.69, 9.17) is 11.6 Å². The highest BCUT2D eigenvalue weighted by atomic mass is 35.5. The second kappa shape index (κ2) is 11.2. The Morgan fingerprint density at radius 2 is 1.38 bits per heavy atom. The van der Waals surface area contributed by atoms with Gasteiger partial charge in [0.05, 0.1) is 25.9 Å². The van der Waals surface area contributed by atoms with Crippen molar-refractivity contribution < 1.29 is 9.85 Å². The molecule has 10 heteroatoms. The summed E-state index contributed by atoms with van der Waals surface area (Å²) in [6.45, 7) is 5.66. The van der Waals surface area contributed by atoms with Crippen molar-refractivity contribution in [3.8, 4) is 0 Å². The Balaban J connectivity index is 0.000000184. The van der Waals surface area contributed by atoms with E-state index in [2.05, 4.69) is 39.1 Å². The van der Waals surface area contributed by atoms with Crippen LogP contribution < -0.4 is 4.90 Å². The molecule has 202 valence electrons. The topological polar surface area (TPSA) is 115 Å². The molecule has 3 aromatic carbocycles. The van der Waals surface area contributed by atoms with Crippen molar-refractivity contribution in [2.75, 3.05) is 18.0 Å². The van der Waals surface area contributed by atoms with Crippen LogP contribution in [0.25, 0.3) is 21.8 Å². The van der Waals surface area contributed by atoms with E-state index in [1.165, 1.54) is 23.8 Å². The van der Waals surface area contributed by atoms with E-state index < -0.39 is 4.92 Å². The predicted molar refractivity (Wildman–Crippen MR) is 157 cm³/mol. The Kier molecular flexibility index (Phi) is 7.57. The maximum atomic E-state index is 11.2. The molecule has 0 amide bonds. The van der Waals surface area contributed by atoms with Crippen molar-refractivity contribution in [3.63, 3.8) is 0 Å². The molecule has 1 atom stereocenters. The van der Waals surface area contributed by atoms with E-state index in [0.29, 0.717) is 21.8 Å². The molecule has 2 aromatic heterocycles. The average Bonchev–Trinajstić information content (AvgIpc) is 3.43. The number of fused-ring (bicyclic) bond motifs is 2. The van der Waals surface area contributed by atoms with E-state index in [1.807, 2.05) is 26.0 Å². The van der Waals surface area contributed by atoms with Crippen molar-refractivity contribution in [2.45, 2.75) is 26.2 Å². The number of nitro groups is 2. The van der Waals surface area contributed by atoms with Gasteiger partial charge in [-0.3, -0.25) is 30.2 Å². The number of nitrogens with zero attached hydrogens (tertiary/aromatic N) is 5. The summed E-state index contributed by atoms with van der Waals surface area (Å²) in [4.78, 5) is 32.0. The summed E-state index contributed by atoms with van der Waals surface area (Å²) in [7, 11) is 0. The number of nitro benzene ring substituents is 2. The van der Waals surface area contributed by atoms with Crippen LogP contribution in [0.4, 0.5) is 17.1 Å². The fraction of sp³-hybridized carbons (Fsp3) is 0.200. The van der Waals surface area contributed by atoms with Gasteiger partial charge in [0.15, 0.2) is 0 Å². The van der Waals surface area contributed by atoms with Crippen molar-refractivity contribution in [3.05, 3.63) is 121 Å². The highest BCUT2D eigenvalue weighted by Crippen LogP contribution is 2.36. The van der Waals surface area contributed by atoms with Gasteiger partial charge in [-0.25, -0.2) is 0 Å². The number of aromatic nitrogens is 2. The molecule has 0 radical (unpaired) electrons. The first-order chi connectivity index (χ1) is 19.2. The maximum Gasteiger partial charge on any atom is 0.270 e. The molecule has 3 heterocycles. The van der Waals surface area contributed by atoms with Gasteiger partial charge in [0.2, 0.25) is 0 Å². The Morgan fingerprint density at radius 3 is 2.00 bits per heavy atom. The van der Waals surface area contributed by atoms with Crippen LogP contribution in [0.2, 0.25) is 5.02 Å². The quantitative estimate of drug-likeness (QED) is 0.166. The third-order valence-electron chi connectivity index (χ3n) is 6.99. The van der Waals surface area contributed by atoms with Crippen LogP contribution in [0.5, 0.6) is 0 Å². The monoisotopic (exact) mass is 555 g/mol. The van der Waals surface area contributed by atoms with E-state index in [9.17, 15) is 20.2 Å². The van der Waals surface area contributed by atoms with E-state index in [1.54, 1.807) is 24.3 Å². The van der Waals surface area contributed by atoms with E-state index in [0.717, 1.165) is 47.5 Å². The van der Waals surface area contributed by atoms with E-state index >= 15 is 0 Å².